The van der Waals surface area contributed by atoms with Gasteiger partial charge in [0.05, 0.1) is 6.61 Å². The number of hydrogen-bond acceptors (Lipinski definition) is 6. The largest absolute Gasteiger partial charge is 0.469 e. The maximum Gasteiger partial charge on any atom is 0.469 e. The molecule has 0 aliphatic heterocycles. The van der Waals surface area contributed by atoms with Gasteiger partial charge in [0.25, 0.3) is 0 Å². The molecule has 0 saturated carbocycles. The van der Waals surface area contributed by atoms with E-state index in [4.69, 9.17) is 19.3 Å². The van der Waals surface area contributed by atoms with Gasteiger partial charge in [-0.15, -0.1) is 0 Å². The van der Waals surface area contributed by atoms with Gasteiger partial charge in [-0.25, -0.2) is 4.57 Å². The molecule has 0 spiro atoms. The maximum absolute atomic E-state index is 12.3. The molecule has 0 aromatic carbocycles. The fourth-order valence-corrected chi connectivity index (χ4v) is 4.59. The Morgan fingerprint density at radius 2 is 1.09 bits per heavy atom. The Hall–Kier alpha value is -2.25. The Balaban J connectivity index is 4.16. The van der Waals surface area contributed by atoms with Gasteiger partial charge in [0.15, 0.2) is 6.10 Å². The highest BCUT2D eigenvalue weighted by Gasteiger charge is 2.22. The third-order valence-corrected chi connectivity index (χ3v) is 7.16. The van der Waals surface area contributed by atoms with E-state index < -0.39 is 32.5 Å². The fraction of sp³-hybridized carbons (Fsp3) is 0.657. The molecular formula is C35H59O8P. The van der Waals surface area contributed by atoms with Crippen LogP contribution in [0.1, 0.15) is 129 Å². The lowest BCUT2D eigenvalue weighted by molar-refractivity contribution is -0.161. The van der Waals surface area contributed by atoms with Gasteiger partial charge in [0.1, 0.15) is 6.61 Å². The Bertz CT molecular complexity index is 900. The molecule has 1 unspecified atom stereocenters. The number of carbonyl (C=O) groups is 2. The summed E-state index contributed by atoms with van der Waals surface area (Å²) in [6, 6.07) is 0. The minimum absolute atomic E-state index is 0.114. The van der Waals surface area contributed by atoms with Crippen LogP contribution < -0.4 is 0 Å². The molecule has 2 N–H and O–H groups in total. The summed E-state index contributed by atoms with van der Waals surface area (Å²) in [5.41, 5.74) is 0. The summed E-state index contributed by atoms with van der Waals surface area (Å²) in [7, 11) is -4.76. The first-order chi connectivity index (χ1) is 21.3. The second-order valence-corrected chi connectivity index (χ2v) is 12.1. The molecule has 0 radical (unpaired) electrons. The van der Waals surface area contributed by atoms with Crippen molar-refractivity contribution < 1.29 is 37.9 Å². The smallest absolute Gasteiger partial charge is 0.462 e. The summed E-state index contributed by atoms with van der Waals surface area (Å²) in [6.07, 6.45) is 36.7. The number of carbonyl (C=O) groups excluding carboxylic acids is 2. The van der Waals surface area contributed by atoms with Gasteiger partial charge in [-0.05, 0) is 25.7 Å². The average Bonchev–Trinajstić information content (AvgIpc) is 2.98. The van der Waals surface area contributed by atoms with E-state index in [1.54, 1.807) is 0 Å². The van der Waals surface area contributed by atoms with E-state index in [1.165, 1.54) is 64.2 Å². The highest BCUT2D eigenvalue weighted by atomic mass is 31.2. The summed E-state index contributed by atoms with van der Waals surface area (Å²) in [6.45, 7) is 3.44. The topological polar surface area (TPSA) is 119 Å². The van der Waals surface area contributed by atoms with Gasteiger partial charge in [0.2, 0.25) is 0 Å². The number of allylic oxidation sites excluding steroid dienone is 10. The van der Waals surface area contributed by atoms with Crippen LogP contribution in [-0.4, -0.2) is 41.0 Å². The Labute approximate surface area is 267 Å². The van der Waals surface area contributed by atoms with Crippen LogP contribution in [0.2, 0.25) is 0 Å². The minimum atomic E-state index is -4.76. The SMILES string of the molecule is CC/C=C/C=C/C=C/C=C/C=C/CCCC(=O)OC(COC(=O)CCCCCCCCCCCCCCC)COP(=O)(O)O. The molecule has 44 heavy (non-hydrogen) atoms. The zero-order valence-corrected chi connectivity index (χ0v) is 28.2. The molecule has 1 atom stereocenters. The second kappa shape index (κ2) is 30.8. The maximum atomic E-state index is 12.3. The van der Waals surface area contributed by atoms with Gasteiger partial charge in [-0.3, -0.25) is 14.1 Å². The quantitative estimate of drug-likeness (QED) is 0.0360. The second-order valence-electron chi connectivity index (χ2n) is 10.9. The van der Waals surface area contributed by atoms with Gasteiger partial charge >= 0.3 is 19.8 Å². The molecular weight excluding hydrogens is 579 g/mol. The van der Waals surface area contributed by atoms with Crippen LogP contribution in [0.15, 0.2) is 60.8 Å². The minimum Gasteiger partial charge on any atom is -0.462 e. The van der Waals surface area contributed by atoms with Crippen molar-refractivity contribution in [2.24, 2.45) is 0 Å². The summed E-state index contributed by atoms with van der Waals surface area (Å²) >= 11 is 0. The molecule has 0 aliphatic carbocycles. The van der Waals surface area contributed by atoms with Crippen molar-refractivity contribution in [1.82, 2.24) is 0 Å². The Kier molecular flexibility index (Phi) is 29.2. The monoisotopic (exact) mass is 638 g/mol. The lowest BCUT2D eigenvalue weighted by Crippen LogP contribution is -2.29. The summed E-state index contributed by atoms with van der Waals surface area (Å²) in [5, 5.41) is 0. The molecule has 0 saturated heterocycles. The first-order valence-electron chi connectivity index (χ1n) is 16.6. The molecule has 0 bridgehead atoms. The van der Waals surface area contributed by atoms with Crippen molar-refractivity contribution >= 4 is 19.8 Å². The van der Waals surface area contributed by atoms with E-state index in [1.807, 2.05) is 54.7 Å². The molecule has 9 heteroatoms. The summed E-state index contributed by atoms with van der Waals surface area (Å²) < 4.78 is 26.1. The number of ether oxygens (including phenoxy) is 2. The van der Waals surface area contributed by atoms with Crippen LogP contribution in [0.5, 0.6) is 0 Å². The number of phosphoric ester groups is 1. The molecule has 8 nitrogen and oxygen atoms in total. The fourth-order valence-electron chi connectivity index (χ4n) is 4.22. The van der Waals surface area contributed by atoms with Gasteiger partial charge < -0.3 is 19.3 Å². The number of phosphoric acid groups is 1. The van der Waals surface area contributed by atoms with Gasteiger partial charge in [-0.2, -0.15) is 0 Å². The van der Waals surface area contributed by atoms with Crippen molar-refractivity contribution in [2.75, 3.05) is 13.2 Å². The van der Waals surface area contributed by atoms with Crippen molar-refractivity contribution in [3.8, 4) is 0 Å². The van der Waals surface area contributed by atoms with Crippen LogP contribution in [0.4, 0.5) is 0 Å². The van der Waals surface area contributed by atoms with E-state index in [-0.39, 0.29) is 19.4 Å². The predicted octanol–water partition coefficient (Wildman–Crippen LogP) is 9.39. The highest BCUT2D eigenvalue weighted by Crippen LogP contribution is 2.35. The van der Waals surface area contributed by atoms with Crippen LogP contribution in [0.25, 0.3) is 0 Å². The first-order valence-corrected chi connectivity index (χ1v) is 18.2. The van der Waals surface area contributed by atoms with Crippen LogP contribution >= 0.6 is 7.82 Å². The summed E-state index contributed by atoms with van der Waals surface area (Å²) in [5.74, 6) is -0.977. The van der Waals surface area contributed by atoms with E-state index in [0.717, 1.165) is 19.3 Å². The molecule has 0 aliphatic rings. The molecule has 0 amide bonds. The van der Waals surface area contributed by atoms with E-state index in [0.29, 0.717) is 19.3 Å². The lowest BCUT2D eigenvalue weighted by atomic mass is 10.0. The summed E-state index contributed by atoms with van der Waals surface area (Å²) in [4.78, 5) is 42.5. The van der Waals surface area contributed by atoms with Gasteiger partial charge in [-0.1, -0.05) is 152 Å². The Morgan fingerprint density at radius 3 is 1.61 bits per heavy atom. The normalized spacial score (nSPS) is 13.3. The van der Waals surface area contributed by atoms with E-state index in [9.17, 15) is 14.2 Å². The first kappa shape index (κ1) is 41.8. The zero-order valence-electron chi connectivity index (χ0n) is 27.3. The van der Waals surface area contributed by atoms with Crippen LogP contribution in [0.3, 0.4) is 0 Å². The van der Waals surface area contributed by atoms with E-state index in [2.05, 4.69) is 24.4 Å². The molecule has 0 fully saturated rings. The van der Waals surface area contributed by atoms with Crippen molar-refractivity contribution in [3.63, 3.8) is 0 Å². The van der Waals surface area contributed by atoms with Crippen molar-refractivity contribution in [2.45, 2.75) is 136 Å². The van der Waals surface area contributed by atoms with Crippen molar-refractivity contribution in [1.29, 1.82) is 0 Å². The number of hydrogen-bond donors (Lipinski definition) is 2. The number of rotatable bonds is 29. The molecule has 0 heterocycles. The number of esters is 2. The number of unbranched alkanes of at least 4 members (excludes halogenated alkanes) is 13. The molecule has 0 aromatic heterocycles. The molecule has 252 valence electrons. The molecule has 0 aromatic rings. The third-order valence-electron chi connectivity index (χ3n) is 6.68. The molecule has 0 rings (SSSR count). The third kappa shape index (κ3) is 32.7. The Morgan fingerprint density at radius 1 is 0.614 bits per heavy atom. The highest BCUT2D eigenvalue weighted by molar-refractivity contribution is 7.46. The predicted molar refractivity (Wildman–Crippen MR) is 179 cm³/mol. The van der Waals surface area contributed by atoms with E-state index >= 15 is 0 Å². The zero-order chi connectivity index (χ0) is 32.6. The van der Waals surface area contributed by atoms with Crippen molar-refractivity contribution in [3.05, 3.63) is 60.8 Å². The van der Waals surface area contributed by atoms with Crippen LogP contribution in [0, 0.1) is 0 Å². The standard InChI is InChI=1S/C35H59O8P/c1-3-5-7-9-11-13-15-17-19-21-23-25-27-29-34(36)41-31-33(32-42-44(38,39)40)43-35(37)30-28-26-24-22-20-18-16-14-12-10-8-6-4-2/h6,8,10,12,14,16,18,20,22,24,33H,3-5,7,9,11,13,15,17,19,21,23,25-32H2,1-2H3,(H2,38,39,40)/b8-6+,12-10+,16-14+,20-18+,24-22+. The van der Waals surface area contributed by atoms with Gasteiger partial charge in [0, 0.05) is 12.8 Å². The van der Waals surface area contributed by atoms with Crippen LogP contribution in [-0.2, 0) is 28.2 Å². The lowest BCUT2D eigenvalue weighted by Gasteiger charge is -2.18. The average molecular weight is 639 g/mol.